The minimum atomic E-state index is 0.902. The summed E-state index contributed by atoms with van der Waals surface area (Å²) < 4.78 is 9.02. The van der Waals surface area contributed by atoms with Crippen molar-refractivity contribution in [2.45, 2.75) is 0 Å². The Bertz CT molecular complexity index is 2100. The van der Waals surface area contributed by atoms with Crippen molar-refractivity contribution in [2.24, 2.45) is 0 Å². The van der Waals surface area contributed by atoms with Crippen LogP contribution in [-0.2, 0) is 0 Å². The van der Waals surface area contributed by atoms with Crippen molar-refractivity contribution in [1.29, 1.82) is 0 Å². The van der Waals surface area contributed by atoms with Gasteiger partial charge < -0.3 is 9.32 Å². The molecule has 0 saturated heterocycles. The molecule has 3 heteroatoms. The van der Waals surface area contributed by atoms with Gasteiger partial charge in [0.1, 0.15) is 11.2 Å². The third-order valence-corrected chi connectivity index (χ3v) is 8.45. The lowest BCUT2D eigenvalue weighted by atomic mass is 10.0. The Labute approximate surface area is 217 Å². The van der Waals surface area contributed by atoms with Gasteiger partial charge in [0.25, 0.3) is 0 Å². The molecule has 6 aromatic carbocycles. The number of hydrogen-bond donors (Lipinski definition) is 0. The molecule has 0 radical (unpaired) electrons. The smallest absolute Gasteiger partial charge is 0.138 e. The van der Waals surface area contributed by atoms with Crippen LogP contribution in [0.3, 0.4) is 0 Å². The number of para-hydroxylation sites is 2. The highest BCUT2D eigenvalue weighted by Crippen LogP contribution is 2.48. The molecule has 0 aliphatic heterocycles. The number of thiophene rings is 1. The second-order valence-electron chi connectivity index (χ2n) is 9.34. The van der Waals surface area contributed by atoms with Crippen LogP contribution in [0.5, 0.6) is 0 Å². The van der Waals surface area contributed by atoms with E-state index in [2.05, 4.69) is 126 Å². The van der Waals surface area contributed by atoms with E-state index >= 15 is 0 Å². The van der Waals surface area contributed by atoms with E-state index in [1.54, 1.807) is 0 Å². The summed E-state index contributed by atoms with van der Waals surface area (Å²) in [5.41, 5.74) is 5.22. The van der Waals surface area contributed by atoms with E-state index in [0.29, 0.717) is 0 Å². The maximum absolute atomic E-state index is 6.43. The summed E-state index contributed by atoms with van der Waals surface area (Å²) >= 11 is 1.85. The van der Waals surface area contributed by atoms with Crippen LogP contribution < -0.4 is 4.90 Å². The van der Waals surface area contributed by atoms with E-state index < -0.39 is 0 Å². The largest absolute Gasteiger partial charge is 0.456 e. The molecule has 0 aliphatic rings. The van der Waals surface area contributed by atoms with E-state index in [1.165, 1.54) is 42.0 Å². The second kappa shape index (κ2) is 7.95. The van der Waals surface area contributed by atoms with Crippen LogP contribution in [0, 0.1) is 0 Å². The first kappa shape index (κ1) is 20.6. The maximum atomic E-state index is 6.43. The fourth-order valence-electron chi connectivity index (χ4n) is 5.65. The molecule has 0 amide bonds. The molecular formula is C34H21NOS. The monoisotopic (exact) mass is 491 g/mol. The van der Waals surface area contributed by atoms with Crippen LogP contribution in [0.25, 0.3) is 52.9 Å². The predicted molar refractivity (Wildman–Crippen MR) is 159 cm³/mol. The van der Waals surface area contributed by atoms with E-state index in [1.807, 2.05) is 17.4 Å². The summed E-state index contributed by atoms with van der Waals surface area (Å²) in [6.45, 7) is 0. The van der Waals surface area contributed by atoms with Crippen molar-refractivity contribution in [3.63, 3.8) is 0 Å². The van der Waals surface area contributed by atoms with Gasteiger partial charge in [-0.25, -0.2) is 0 Å². The second-order valence-corrected chi connectivity index (χ2v) is 10.4. The van der Waals surface area contributed by atoms with Crippen LogP contribution in [0.15, 0.2) is 132 Å². The molecule has 2 heterocycles. The molecule has 174 valence electrons. The Balaban J connectivity index is 1.51. The van der Waals surface area contributed by atoms with Crippen molar-refractivity contribution in [1.82, 2.24) is 0 Å². The van der Waals surface area contributed by atoms with Gasteiger partial charge in [-0.3, -0.25) is 0 Å². The molecule has 0 saturated carbocycles. The summed E-state index contributed by atoms with van der Waals surface area (Å²) in [5.74, 6) is 0. The summed E-state index contributed by atoms with van der Waals surface area (Å²) in [6, 6.07) is 45.2. The topological polar surface area (TPSA) is 16.4 Å². The minimum absolute atomic E-state index is 0.902. The van der Waals surface area contributed by atoms with Crippen molar-refractivity contribution < 1.29 is 4.42 Å². The van der Waals surface area contributed by atoms with Gasteiger partial charge in [0, 0.05) is 43.4 Å². The highest BCUT2D eigenvalue weighted by molar-refractivity contribution is 7.26. The number of anilines is 3. The van der Waals surface area contributed by atoms with Crippen LogP contribution in [0.1, 0.15) is 0 Å². The van der Waals surface area contributed by atoms with Crippen molar-refractivity contribution >= 4 is 81.3 Å². The van der Waals surface area contributed by atoms with Gasteiger partial charge >= 0.3 is 0 Å². The van der Waals surface area contributed by atoms with E-state index in [-0.39, 0.29) is 0 Å². The highest BCUT2D eigenvalue weighted by Gasteiger charge is 2.22. The first-order chi connectivity index (χ1) is 18.4. The van der Waals surface area contributed by atoms with Gasteiger partial charge in [-0.05, 0) is 35.7 Å². The van der Waals surface area contributed by atoms with Crippen molar-refractivity contribution in [3.8, 4) is 0 Å². The van der Waals surface area contributed by atoms with Gasteiger partial charge in [0.05, 0.1) is 16.1 Å². The van der Waals surface area contributed by atoms with Gasteiger partial charge in [0.2, 0.25) is 0 Å². The number of fused-ring (bicyclic) bond motifs is 8. The summed E-state index contributed by atoms with van der Waals surface area (Å²) in [5, 5.41) is 7.30. The predicted octanol–water partition coefficient (Wildman–Crippen LogP) is 10.6. The Morgan fingerprint density at radius 1 is 0.486 bits per heavy atom. The van der Waals surface area contributed by atoms with Gasteiger partial charge in [-0.2, -0.15) is 0 Å². The first-order valence-corrected chi connectivity index (χ1v) is 13.3. The number of furan rings is 1. The minimum Gasteiger partial charge on any atom is -0.456 e. The summed E-state index contributed by atoms with van der Waals surface area (Å²) in [4.78, 5) is 2.40. The number of nitrogens with zero attached hydrogens (tertiary/aromatic N) is 1. The van der Waals surface area contributed by atoms with Crippen molar-refractivity contribution in [2.75, 3.05) is 4.90 Å². The average molecular weight is 492 g/mol. The quantitative estimate of drug-likeness (QED) is 0.244. The van der Waals surface area contributed by atoms with Crippen molar-refractivity contribution in [3.05, 3.63) is 127 Å². The van der Waals surface area contributed by atoms with E-state index in [9.17, 15) is 0 Å². The molecule has 0 N–H and O–H groups in total. The normalized spacial score (nSPS) is 11.8. The molecule has 0 aliphatic carbocycles. The van der Waals surface area contributed by atoms with E-state index in [4.69, 9.17) is 4.42 Å². The van der Waals surface area contributed by atoms with Crippen LogP contribution >= 0.6 is 11.3 Å². The first-order valence-electron chi connectivity index (χ1n) is 12.5. The van der Waals surface area contributed by atoms with Crippen LogP contribution in [-0.4, -0.2) is 0 Å². The highest BCUT2D eigenvalue weighted by atomic mass is 32.1. The molecule has 2 nitrogen and oxygen atoms in total. The maximum Gasteiger partial charge on any atom is 0.138 e. The molecule has 8 aromatic rings. The average Bonchev–Trinajstić information content (AvgIpc) is 3.53. The Morgan fingerprint density at radius 2 is 1.16 bits per heavy atom. The Kier molecular flexibility index (Phi) is 4.42. The Hall–Kier alpha value is -4.60. The molecule has 0 spiro atoms. The molecule has 8 rings (SSSR count). The van der Waals surface area contributed by atoms with Gasteiger partial charge in [-0.15, -0.1) is 11.3 Å². The zero-order valence-corrected chi connectivity index (χ0v) is 20.7. The Morgan fingerprint density at radius 3 is 2.03 bits per heavy atom. The van der Waals surface area contributed by atoms with Gasteiger partial charge in [0.15, 0.2) is 0 Å². The molecular weight excluding hydrogens is 470 g/mol. The SMILES string of the molecule is c1ccc(N(c2cc3oc4ccccc4c3c3ccccc23)c2cccc3c2sc2ccccc23)cc1. The molecule has 2 aromatic heterocycles. The third-order valence-electron chi connectivity index (χ3n) is 7.24. The lowest BCUT2D eigenvalue weighted by Gasteiger charge is -2.27. The van der Waals surface area contributed by atoms with Crippen LogP contribution in [0.2, 0.25) is 0 Å². The number of hydrogen-bond acceptors (Lipinski definition) is 3. The molecule has 0 bridgehead atoms. The standard InChI is InChI=1S/C34H21NOS/c1-2-11-22(12-3-1)35(28-18-10-17-26-24-14-7-9-20-32(24)37-34(26)28)29-21-31-33(25-15-5-4-13-23(25)29)27-16-6-8-19-30(27)36-31/h1-21H. The number of rotatable bonds is 3. The molecule has 0 atom stereocenters. The van der Waals surface area contributed by atoms with E-state index in [0.717, 1.165) is 27.9 Å². The zero-order chi connectivity index (χ0) is 24.3. The zero-order valence-electron chi connectivity index (χ0n) is 19.9. The number of benzene rings is 6. The lowest BCUT2D eigenvalue weighted by Crippen LogP contribution is -2.10. The van der Waals surface area contributed by atoms with Crippen LogP contribution in [0.4, 0.5) is 17.1 Å². The third kappa shape index (κ3) is 3.05. The summed E-state index contributed by atoms with van der Waals surface area (Å²) in [7, 11) is 0. The summed E-state index contributed by atoms with van der Waals surface area (Å²) in [6.07, 6.45) is 0. The fraction of sp³-hybridized carbons (Fsp3) is 0. The molecule has 0 fully saturated rings. The molecule has 37 heavy (non-hydrogen) atoms. The lowest BCUT2D eigenvalue weighted by molar-refractivity contribution is 0.669. The fourth-order valence-corrected chi connectivity index (χ4v) is 6.85. The molecule has 0 unspecified atom stereocenters. The van der Waals surface area contributed by atoms with Gasteiger partial charge in [-0.1, -0.05) is 91.0 Å².